The Morgan fingerprint density at radius 2 is 1.78 bits per heavy atom. The molecule has 2 bridgehead atoms. The number of carbonyl (C=O) groups excluding carboxylic acids is 2. The second kappa shape index (κ2) is 4.08. The minimum absolute atomic E-state index is 0.152. The summed E-state index contributed by atoms with van der Waals surface area (Å²) in [5.74, 6) is -4.36. The molecule has 6 nitrogen and oxygen atoms in total. The van der Waals surface area contributed by atoms with Gasteiger partial charge in [-0.1, -0.05) is 6.07 Å². The molecule has 96 valence electrons. The summed E-state index contributed by atoms with van der Waals surface area (Å²) < 4.78 is 9.20. The molecule has 1 aliphatic heterocycles. The van der Waals surface area contributed by atoms with Crippen molar-refractivity contribution < 1.29 is 29.3 Å². The number of cyclic esters (lactones) is 2. The lowest BCUT2D eigenvalue weighted by Gasteiger charge is -2.28. The van der Waals surface area contributed by atoms with Gasteiger partial charge in [-0.15, -0.1) is 0 Å². The number of rotatable bonds is 1. The van der Waals surface area contributed by atoms with Gasteiger partial charge in [0, 0.05) is 0 Å². The van der Waals surface area contributed by atoms with Gasteiger partial charge < -0.3 is 19.7 Å². The first-order valence-electron chi connectivity index (χ1n) is 5.28. The molecule has 1 unspecified atom stereocenters. The molecule has 0 radical (unpaired) electrons. The van der Waals surface area contributed by atoms with Gasteiger partial charge in [0.05, 0.1) is 11.1 Å². The number of carbonyl (C=O) groups is 2. The minimum atomic E-state index is -2.64. The summed E-state index contributed by atoms with van der Waals surface area (Å²) >= 11 is 0. The molecule has 0 fully saturated rings. The van der Waals surface area contributed by atoms with Crippen molar-refractivity contribution in [3.63, 3.8) is 0 Å². The average Bonchev–Trinajstić information content (AvgIpc) is 2.27. The molecule has 2 N–H and O–H groups in total. The molecule has 6 heteroatoms. The van der Waals surface area contributed by atoms with E-state index in [1.54, 1.807) is 19.9 Å². The fourth-order valence-corrected chi connectivity index (χ4v) is 1.86. The summed E-state index contributed by atoms with van der Waals surface area (Å²) in [4.78, 5) is 23.6. The number of benzene rings is 1. The van der Waals surface area contributed by atoms with Crippen molar-refractivity contribution in [1.29, 1.82) is 0 Å². The van der Waals surface area contributed by atoms with Crippen molar-refractivity contribution in [2.45, 2.75) is 19.8 Å². The highest BCUT2D eigenvalue weighted by Crippen LogP contribution is 2.26. The number of ether oxygens (including phenoxy) is 2. The fraction of sp³-hybridized carbons (Fsp3) is 0.333. The third-order valence-electron chi connectivity index (χ3n) is 2.80. The minimum Gasteiger partial charge on any atom is -0.393 e. The van der Waals surface area contributed by atoms with Crippen LogP contribution in [0, 0.1) is 13.8 Å². The highest BCUT2D eigenvalue weighted by molar-refractivity contribution is 6.00. The zero-order chi connectivity index (χ0) is 13.5. The maximum atomic E-state index is 11.9. The van der Waals surface area contributed by atoms with Crippen LogP contribution < -0.4 is 0 Å². The highest BCUT2D eigenvalue weighted by atomic mass is 16.8. The van der Waals surface area contributed by atoms with Gasteiger partial charge in [-0.2, -0.15) is 0 Å². The first-order valence-corrected chi connectivity index (χ1v) is 5.28. The molecule has 0 saturated heterocycles. The van der Waals surface area contributed by atoms with Crippen molar-refractivity contribution in [3.05, 3.63) is 34.4 Å². The third-order valence-corrected chi connectivity index (χ3v) is 2.80. The Kier molecular flexibility index (Phi) is 2.84. The van der Waals surface area contributed by atoms with Gasteiger partial charge in [-0.3, -0.25) is 0 Å². The Labute approximate surface area is 103 Å². The number of esters is 2. The van der Waals surface area contributed by atoms with Crippen LogP contribution in [0.3, 0.4) is 0 Å². The second-order valence-corrected chi connectivity index (χ2v) is 4.08. The van der Waals surface area contributed by atoms with Crippen LogP contribution in [0.4, 0.5) is 0 Å². The molecular formula is C12H12O6. The zero-order valence-corrected chi connectivity index (χ0v) is 9.89. The van der Waals surface area contributed by atoms with Crippen molar-refractivity contribution >= 4 is 11.9 Å². The van der Waals surface area contributed by atoms with E-state index in [4.69, 9.17) is 5.11 Å². The monoisotopic (exact) mass is 252 g/mol. The summed E-state index contributed by atoms with van der Waals surface area (Å²) in [5.41, 5.74) is 1.37. The van der Waals surface area contributed by atoms with Gasteiger partial charge in [0.15, 0.2) is 0 Å². The molecule has 0 aliphatic carbocycles. The van der Waals surface area contributed by atoms with Crippen LogP contribution in [0.5, 0.6) is 0 Å². The first-order chi connectivity index (χ1) is 8.38. The van der Waals surface area contributed by atoms with E-state index in [0.29, 0.717) is 11.1 Å². The average molecular weight is 252 g/mol. The fourth-order valence-electron chi connectivity index (χ4n) is 1.86. The SMILES string of the molecule is Cc1ccc2c(C)c1C(=O)OC(O)(CO)OC2=O. The van der Waals surface area contributed by atoms with Gasteiger partial charge in [0.2, 0.25) is 0 Å². The van der Waals surface area contributed by atoms with E-state index in [2.05, 4.69) is 9.47 Å². The first kappa shape index (κ1) is 12.5. The van der Waals surface area contributed by atoms with Crippen LogP contribution in [0.15, 0.2) is 12.1 Å². The lowest BCUT2D eigenvalue weighted by Crippen LogP contribution is -2.45. The van der Waals surface area contributed by atoms with Gasteiger partial charge in [0.1, 0.15) is 6.61 Å². The summed E-state index contributed by atoms with van der Waals surface area (Å²) in [5, 5.41) is 18.6. The molecule has 1 aromatic carbocycles. The smallest absolute Gasteiger partial charge is 0.393 e. The van der Waals surface area contributed by atoms with Crippen molar-refractivity contribution in [1.82, 2.24) is 0 Å². The molecule has 0 saturated carbocycles. The quantitative estimate of drug-likeness (QED) is 0.697. The van der Waals surface area contributed by atoms with E-state index in [1.165, 1.54) is 6.07 Å². The van der Waals surface area contributed by atoms with Gasteiger partial charge in [0.25, 0.3) is 0 Å². The topological polar surface area (TPSA) is 93.1 Å². The summed E-state index contributed by atoms with van der Waals surface area (Å²) in [7, 11) is 0. The molecular weight excluding hydrogens is 240 g/mol. The number of aryl methyl sites for hydroxylation is 1. The van der Waals surface area contributed by atoms with Crippen LogP contribution in [0.2, 0.25) is 0 Å². The van der Waals surface area contributed by atoms with E-state index in [-0.39, 0.29) is 11.1 Å². The molecule has 1 heterocycles. The van der Waals surface area contributed by atoms with E-state index >= 15 is 0 Å². The Hall–Kier alpha value is -1.92. The van der Waals surface area contributed by atoms with Crippen LogP contribution in [-0.4, -0.2) is 34.7 Å². The van der Waals surface area contributed by atoms with Gasteiger partial charge in [-0.25, -0.2) is 9.59 Å². The molecule has 1 atom stereocenters. The van der Waals surface area contributed by atoms with Crippen molar-refractivity contribution in [2.75, 3.05) is 6.61 Å². The third kappa shape index (κ3) is 1.85. The van der Waals surface area contributed by atoms with Crippen LogP contribution in [0.25, 0.3) is 0 Å². The van der Waals surface area contributed by atoms with E-state index in [9.17, 15) is 14.7 Å². The largest absolute Gasteiger partial charge is 0.398 e. The van der Waals surface area contributed by atoms with Crippen LogP contribution in [-0.2, 0) is 9.47 Å². The van der Waals surface area contributed by atoms with Crippen molar-refractivity contribution in [3.8, 4) is 0 Å². The molecule has 0 aromatic heterocycles. The normalized spacial score (nSPS) is 22.9. The Balaban J connectivity index is 2.64. The molecule has 18 heavy (non-hydrogen) atoms. The lowest BCUT2D eigenvalue weighted by atomic mass is 9.97. The standard InChI is InChI=1S/C12H12O6/c1-6-3-4-8-7(2)9(6)11(15)18-12(16,5-13)17-10(8)14/h3-4,13,16H,5H2,1-2H3. The van der Waals surface area contributed by atoms with Gasteiger partial charge in [-0.05, 0) is 31.0 Å². The predicted octanol–water partition coefficient (Wildman–Crippen LogP) is 0.269. The van der Waals surface area contributed by atoms with E-state index in [0.717, 1.165) is 0 Å². The lowest BCUT2D eigenvalue weighted by molar-refractivity contribution is -0.318. The number of fused-ring (bicyclic) bond motifs is 2. The Bertz CT molecular complexity index is 536. The highest BCUT2D eigenvalue weighted by Gasteiger charge is 2.40. The summed E-state index contributed by atoms with van der Waals surface area (Å²) in [6.45, 7) is 2.23. The Morgan fingerprint density at radius 1 is 1.17 bits per heavy atom. The number of hydrogen-bond acceptors (Lipinski definition) is 6. The zero-order valence-electron chi connectivity index (χ0n) is 9.89. The van der Waals surface area contributed by atoms with E-state index in [1.807, 2.05) is 0 Å². The second-order valence-electron chi connectivity index (χ2n) is 4.08. The molecule has 0 amide bonds. The molecule has 0 spiro atoms. The number of hydrogen-bond donors (Lipinski definition) is 2. The molecule has 1 aromatic rings. The molecule has 2 rings (SSSR count). The van der Waals surface area contributed by atoms with Gasteiger partial charge >= 0.3 is 17.9 Å². The number of aliphatic hydroxyl groups is 2. The predicted molar refractivity (Wildman–Crippen MR) is 58.8 cm³/mol. The molecule has 1 aliphatic rings. The van der Waals surface area contributed by atoms with Crippen LogP contribution >= 0.6 is 0 Å². The maximum Gasteiger partial charge on any atom is 0.398 e. The van der Waals surface area contributed by atoms with Crippen LogP contribution in [0.1, 0.15) is 31.8 Å². The summed E-state index contributed by atoms with van der Waals surface area (Å²) in [6.07, 6.45) is 0. The van der Waals surface area contributed by atoms with Crippen molar-refractivity contribution in [2.24, 2.45) is 0 Å². The summed E-state index contributed by atoms with van der Waals surface area (Å²) in [6, 6.07) is 3.08. The number of aliphatic hydroxyl groups excluding tert-OH is 1. The maximum absolute atomic E-state index is 11.9. The Morgan fingerprint density at radius 3 is 2.39 bits per heavy atom. The van der Waals surface area contributed by atoms with E-state index < -0.39 is 24.5 Å².